The van der Waals surface area contributed by atoms with Crippen molar-refractivity contribution in [3.8, 4) is 0 Å². The van der Waals surface area contributed by atoms with Gasteiger partial charge in [0, 0.05) is 20.3 Å². The number of ether oxygens (including phenoxy) is 1. The maximum Gasteiger partial charge on any atom is 0.254 e. The van der Waals surface area contributed by atoms with Crippen LogP contribution in [0.15, 0.2) is 23.1 Å². The first-order valence-electron chi connectivity index (χ1n) is 7.68. The van der Waals surface area contributed by atoms with Gasteiger partial charge in [0.1, 0.15) is 5.82 Å². The standard InChI is InChI=1S/C15H20FNO6S2/c1-23-7-2-6-17-15(18)13-9-11(3-4-14(13)16)25(21,22)12-5-8-24(19,20)10-12/h3-4,9,12H,2,5-8,10H2,1H3,(H,17,18)/t12-/m0/s1. The van der Waals surface area contributed by atoms with E-state index in [1.807, 2.05) is 0 Å². The molecule has 140 valence electrons. The van der Waals surface area contributed by atoms with E-state index in [9.17, 15) is 26.0 Å². The number of hydrogen-bond acceptors (Lipinski definition) is 6. The number of sulfone groups is 2. The molecule has 1 aromatic rings. The molecule has 10 heteroatoms. The molecule has 1 aliphatic heterocycles. The quantitative estimate of drug-likeness (QED) is 0.536. The Morgan fingerprint density at radius 2 is 2.12 bits per heavy atom. The molecule has 0 unspecified atom stereocenters. The molecule has 0 radical (unpaired) electrons. The molecule has 1 saturated heterocycles. The molecule has 1 N–H and O–H groups in total. The normalized spacial score (nSPS) is 19.7. The summed E-state index contributed by atoms with van der Waals surface area (Å²) in [5.41, 5.74) is -0.389. The van der Waals surface area contributed by atoms with Crippen molar-refractivity contribution in [2.24, 2.45) is 0 Å². The maximum atomic E-state index is 13.9. The van der Waals surface area contributed by atoms with Crippen molar-refractivity contribution in [2.45, 2.75) is 23.0 Å². The van der Waals surface area contributed by atoms with Crippen LogP contribution in [0.1, 0.15) is 23.2 Å². The van der Waals surface area contributed by atoms with Crippen LogP contribution >= 0.6 is 0 Å². The third-order valence-electron chi connectivity index (χ3n) is 3.95. The minimum atomic E-state index is -3.96. The van der Waals surface area contributed by atoms with Crippen LogP contribution in [0.4, 0.5) is 4.39 Å². The van der Waals surface area contributed by atoms with Crippen LogP contribution < -0.4 is 5.32 Å². The Bertz CT molecular complexity index is 851. The van der Waals surface area contributed by atoms with Crippen LogP contribution in [0, 0.1) is 5.82 Å². The molecule has 0 saturated carbocycles. The second-order valence-electron chi connectivity index (χ2n) is 5.81. The van der Waals surface area contributed by atoms with Crippen LogP contribution in [-0.2, 0) is 24.4 Å². The fraction of sp³-hybridized carbons (Fsp3) is 0.533. The molecule has 0 spiro atoms. The largest absolute Gasteiger partial charge is 0.385 e. The first kappa shape index (κ1) is 19.8. The van der Waals surface area contributed by atoms with E-state index in [4.69, 9.17) is 4.74 Å². The van der Waals surface area contributed by atoms with Crippen molar-refractivity contribution in [3.63, 3.8) is 0 Å². The van der Waals surface area contributed by atoms with E-state index in [0.29, 0.717) is 13.0 Å². The number of nitrogens with one attached hydrogen (secondary N) is 1. The van der Waals surface area contributed by atoms with E-state index in [1.165, 1.54) is 7.11 Å². The fourth-order valence-corrected chi connectivity index (χ4v) is 6.95. The summed E-state index contributed by atoms with van der Waals surface area (Å²) in [4.78, 5) is 11.8. The van der Waals surface area contributed by atoms with Gasteiger partial charge in [-0.3, -0.25) is 4.79 Å². The molecule has 0 bridgehead atoms. The zero-order valence-corrected chi connectivity index (χ0v) is 15.3. The van der Waals surface area contributed by atoms with Gasteiger partial charge in [-0.25, -0.2) is 21.2 Å². The lowest BCUT2D eigenvalue weighted by molar-refractivity contribution is 0.0944. The van der Waals surface area contributed by atoms with Crippen LogP contribution in [0.5, 0.6) is 0 Å². The summed E-state index contributed by atoms with van der Waals surface area (Å²) in [6.45, 7) is 0.678. The molecule has 1 atom stereocenters. The zero-order valence-electron chi connectivity index (χ0n) is 13.7. The Morgan fingerprint density at radius 3 is 2.72 bits per heavy atom. The zero-order chi connectivity index (χ0) is 18.7. The van der Waals surface area contributed by atoms with Crippen molar-refractivity contribution in [3.05, 3.63) is 29.6 Å². The van der Waals surface area contributed by atoms with Crippen LogP contribution in [-0.4, -0.2) is 59.8 Å². The van der Waals surface area contributed by atoms with E-state index in [2.05, 4.69) is 5.32 Å². The summed E-state index contributed by atoms with van der Waals surface area (Å²) >= 11 is 0. The molecule has 2 rings (SSSR count). The maximum absolute atomic E-state index is 13.9. The van der Waals surface area contributed by atoms with Gasteiger partial charge in [-0.05, 0) is 31.0 Å². The van der Waals surface area contributed by atoms with Gasteiger partial charge in [0.2, 0.25) is 0 Å². The summed E-state index contributed by atoms with van der Waals surface area (Å²) in [5.74, 6) is -2.22. The predicted octanol–water partition coefficient (Wildman–Crippen LogP) is 0.553. The highest BCUT2D eigenvalue weighted by atomic mass is 32.2. The molecular formula is C15H20FNO6S2. The van der Waals surface area contributed by atoms with Gasteiger partial charge in [-0.1, -0.05) is 0 Å². The third kappa shape index (κ3) is 4.77. The highest BCUT2D eigenvalue weighted by Crippen LogP contribution is 2.26. The van der Waals surface area contributed by atoms with Gasteiger partial charge in [0.05, 0.1) is 27.2 Å². The Morgan fingerprint density at radius 1 is 1.40 bits per heavy atom. The summed E-state index contributed by atoms with van der Waals surface area (Å²) in [5, 5.41) is 1.42. The summed E-state index contributed by atoms with van der Waals surface area (Å²) in [6, 6.07) is 2.92. The number of hydrogen-bond donors (Lipinski definition) is 1. The van der Waals surface area contributed by atoms with E-state index in [0.717, 1.165) is 18.2 Å². The Labute approximate surface area is 146 Å². The summed E-state index contributed by atoms with van der Waals surface area (Å²) in [6.07, 6.45) is 0.530. The van der Waals surface area contributed by atoms with Crippen molar-refractivity contribution in [1.29, 1.82) is 0 Å². The van der Waals surface area contributed by atoms with Crippen LogP contribution in [0.2, 0.25) is 0 Å². The van der Waals surface area contributed by atoms with Crippen LogP contribution in [0.25, 0.3) is 0 Å². The van der Waals surface area contributed by atoms with Crippen molar-refractivity contribution < 1.29 is 30.8 Å². The summed E-state index contributed by atoms with van der Waals surface area (Å²) < 4.78 is 66.9. The van der Waals surface area contributed by atoms with E-state index in [1.54, 1.807) is 0 Å². The number of methoxy groups -OCH3 is 1. The highest BCUT2D eigenvalue weighted by molar-refractivity contribution is 7.96. The SMILES string of the molecule is COCCCNC(=O)c1cc(S(=O)(=O)[C@H]2CCS(=O)(=O)C2)ccc1F. The Balaban J connectivity index is 2.22. The number of amides is 1. The van der Waals surface area contributed by atoms with Crippen molar-refractivity contribution in [2.75, 3.05) is 31.8 Å². The van der Waals surface area contributed by atoms with Gasteiger partial charge < -0.3 is 10.1 Å². The minimum Gasteiger partial charge on any atom is -0.385 e. The first-order valence-corrected chi connectivity index (χ1v) is 11.0. The second-order valence-corrected chi connectivity index (χ2v) is 10.3. The van der Waals surface area contributed by atoms with Gasteiger partial charge in [-0.2, -0.15) is 0 Å². The number of rotatable bonds is 7. The van der Waals surface area contributed by atoms with Crippen molar-refractivity contribution in [1.82, 2.24) is 5.32 Å². The number of carbonyl (C=O) groups is 1. The average Bonchev–Trinajstić information content (AvgIpc) is 2.92. The lowest BCUT2D eigenvalue weighted by Gasteiger charge is -2.12. The van der Waals surface area contributed by atoms with Gasteiger partial charge in [0.25, 0.3) is 5.91 Å². The predicted molar refractivity (Wildman–Crippen MR) is 89.5 cm³/mol. The Kier molecular flexibility index (Phi) is 6.17. The second kappa shape index (κ2) is 7.79. The van der Waals surface area contributed by atoms with E-state index in [-0.39, 0.29) is 29.2 Å². The molecule has 25 heavy (non-hydrogen) atoms. The molecule has 1 fully saturated rings. The molecule has 1 aromatic carbocycles. The molecule has 1 heterocycles. The molecule has 0 aliphatic carbocycles. The van der Waals surface area contributed by atoms with Gasteiger partial charge in [-0.15, -0.1) is 0 Å². The molecular weight excluding hydrogens is 373 g/mol. The smallest absolute Gasteiger partial charge is 0.254 e. The first-order chi connectivity index (χ1) is 11.7. The number of halogens is 1. The topological polar surface area (TPSA) is 107 Å². The molecule has 7 nitrogen and oxygen atoms in total. The van der Waals surface area contributed by atoms with Gasteiger partial charge >= 0.3 is 0 Å². The minimum absolute atomic E-state index is 0.000586. The monoisotopic (exact) mass is 393 g/mol. The lowest BCUT2D eigenvalue weighted by Crippen LogP contribution is -2.27. The third-order valence-corrected chi connectivity index (χ3v) is 8.12. The van der Waals surface area contributed by atoms with Gasteiger partial charge in [0.15, 0.2) is 19.7 Å². The fourth-order valence-electron chi connectivity index (χ4n) is 2.57. The van der Waals surface area contributed by atoms with Crippen molar-refractivity contribution >= 4 is 25.6 Å². The number of benzene rings is 1. The lowest BCUT2D eigenvalue weighted by atomic mass is 10.2. The molecule has 0 aromatic heterocycles. The molecule has 1 aliphatic rings. The van der Waals surface area contributed by atoms with E-state index >= 15 is 0 Å². The van der Waals surface area contributed by atoms with Crippen LogP contribution in [0.3, 0.4) is 0 Å². The van der Waals surface area contributed by atoms with E-state index < -0.39 is 42.4 Å². The molecule has 1 amide bonds. The average molecular weight is 393 g/mol. The summed E-state index contributed by atoms with van der Waals surface area (Å²) in [7, 11) is -5.83. The Hall–Kier alpha value is -1.52. The number of carbonyl (C=O) groups excluding carboxylic acids is 1. The highest BCUT2D eigenvalue weighted by Gasteiger charge is 2.38.